The number of nitrogens with one attached hydrogen (secondary N) is 1. The molecule has 7 heteroatoms. The Morgan fingerprint density at radius 1 is 1.24 bits per heavy atom. The van der Waals surface area contributed by atoms with E-state index >= 15 is 0 Å². The van der Waals surface area contributed by atoms with Crippen LogP contribution in [0.25, 0.3) is 21.9 Å². The molecule has 0 atom stereocenters. The molecule has 0 saturated heterocycles. The van der Waals surface area contributed by atoms with Crippen molar-refractivity contribution in [3.8, 4) is 12.3 Å². The first-order valence-electron chi connectivity index (χ1n) is 9.40. The molecule has 3 heterocycles. The Bertz CT molecular complexity index is 1400. The number of rotatable bonds is 4. The number of H-pyrrole nitrogens is 1. The van der Waals surface area contributed by atoms with Crippen molar-refractivity contribution in [1.82, 2.24) is 24.1 Å². The van der Waals surface area contributed by atoms with Crippen LogP contribution < -0.4 is 11.2 Å². The summed E-state index contributed by atoms with van der Waals surface area (Å²) in [4.78, 5) is 36.2. The molecule has 1 aromatic carbocycles. The van der Waals surface area contributed by atoms with Crippen LogP contribution in [-0.2, 0) is 20.0 Å². The van der Waals surface area contributed by atoms with Crippen molar-refractivity contribution in [2.45, 2.75) is 26.8 Å². The lowest BCUT2D eigenvalue weighted by Gasteiger charge is -2.08. The first-order chi connectivity index (χ1) is 13.9. The number of imidazole rings is 1. The average molecular weight is 387 g/mol. The lowest BCUT2D eigenvalue weighted by molar-refractivity contribution is 0.513. The van der Waals surface area contributed by atoms with Crippen LogP contribution in [-0.4, -0.2) is 24.1 Å². The minimum absolute atomic E-state index is 0.233. The van der Waals surface area contributed by atoms with E-state index in [1.807, 2.05) is 32.0 Å². The van der Waals surface area contributed by atoms with Gasteiger partial charge in [0.15, 0.2) is 11.2 Å². The van der Waals surface area contributed by atoms with Gasteiger partial charge in [0.05, 0.1) is 0 Å². The molecule has 0 aliphatic carbocycles. The van der Waals surface area contributed by atoms with Gasteiger partial charge in [0.2, 0.25) is 0 Å². The van der Waals surface area contributed by atoms with Gasteiger partial charge >= 0.3 is 5.69 Å². The summed E-state index contributed by atoms with van der Waals surface area (Å²) >= 11 is 0. The third kappa shape index (κ3) is 3.23. The van der Waals surface area contributed by atoms with Crippen molar-refractivity contribution in [2.24, 2.45) is 13.0 Å². The third-order valence-electron chi connectivity index (χ3n) is 5.01. The number of terminal acetylenes is 1. The first kappa shape index (κ1) is 18.7. The summed E-state index contributed by atoms with van der Waals surface area (Å²) in [6, 6.07) is 5.78. The SMILES string of the molecule is C#Cc1ccc2cncc(Cc3nc4c(c(=O)[nH]c(=O)n4CC(C)C)n3C)c2c1. The zero-order chi connectivity index (χ0) is 20.7. The zero-order valence-corrected chi connectivity index (χ0v) is 16.6. The van der Waals surface area contributed by atoms with Crippen molar-refractivity contribution in [3.63, 3.8) is 0 Å². The second-order valence-electron chi connectivity index (χ2n) is 7.58. The first-order valence-corrected chi connectivity index (χ1v) is 9.40. The van der Waals surface area contributed by atoms with Crippen LogP contribution in [0.3, 0.4) is 0 Å². The minimum atomic E-state index is -0.439. The Hall–Kier alpha value is -3.66. The van der Waals surface area contributed by atoms with Gasteiger partial charge in [0.1, 0.15) is 5.82 Å². The molecule has 1 N–H and O–H groups in total. The van der Waals surface area contributed by atoms with E-state index in [2.05, 4.69) is 20.9 Å². The lowest BCUT2D eigenvalue weighted by atomic mass is 10.0. The molecule has 0 radical (unpaired) electrons. The molecule has 0 unspecified atom stereocenters. The number of benzene rings is 1. The summed E-state index contributed by atoms with van der Waals surface area (Å²) in [6.07, 6.45) is 9.59. The maximum atomic E-state index is 12.5. The van der Waals surface area contributed by atoms with Gasteiger partial charge in [0.25, 0.3) is 5.56 Å². The van der Waals surface area contributed by atoms with Gasteiger partial charge in [-0.05, 0) is 29.0 Å². The summed E-state index contributed by atoms with van der Waals surface area (Å²) < 4.78 is 3.27. The van der Waals surface area contributed by atoms with Crippen LogP contribution >= 0.6 is 0 Å². The molecule has 0 bridgehead atoms. The van der Waals surface area contributed by atoms with Gasteiger partial charge in [-0.1, -0.05) is 25.8 Å². The van der Waals surface area contributed by atoms with E-state index in [1.165, 1.54) is 4.57 Å². The maximum absolute atomic E-state index is 12.5. The van der Waals surface area contributed by atoms with Crippen LogP contribution in [0.1, 0.15) is 30.8 Å². The Morgan fingerprint density at radius 3 is 2.76 bits per heavy atom. The number of pyridine rings is 1. The molecule has 0 aliphatic heterocycles. The Balaban J connectivity index is 1.90. The number of hydrogen-bond acceptors (Lipinski definition) is 4. The Kier molecular flexibility index (Phi) is 4.55. The number of hydrogen-bond donors (Lipinski definition) is 1. The quantitative estimate of drug-likeness (QED) is 0.544. The molecule has 146 valence electrons. The van der Waals surface area contributed by atoms with Crippen LogP contribution in [0, 0.1) is 18.3 Å². The summed E-state index contributed by atoms with van der Waals surface area (Å²) in [7, 11) is 1.79. The highest BCUT2D eigenvalue weighted by Gasteiger charge is 2.18. The van der Waals surface area contributed by atoms with Gasteiger partial charge in [0, 0.05) is 43.4 Å². The molecule has 4 aromatic rings. The van der Waals surface area contributed by atoms with E-state index in [0.29, 0.717) is 30.0 Å². The molecule has 0 amide bonds. The average Bonchev–Trinajstić information content (AvgIpc) is 3.01. The van der Waals surface area contributed by atoms with E-state index in [4.69, 9.17) is 6.42 Å². The molecule has 7 nitrogen and oxygen atoms in total. The predicted molar refractivity (Wildman–Crippen MR) is 113 cm³/mol. The zero-order valence-electron chi connectivity index (χ0n) is 16.6. The summed E-state index contributed by atoms with van der Waals surface area (Å²) in [5.41, 5.74) is 1.66. The topological polar surface area (TPSA) is 85.6 Å². The monoisotopic (exact) mass is 387 g/mol. The van der Waals surface area contributed by atoms with E-state index in [9.17, 15) is 9.59 Å². The van der Waals surface area contributed by atoms with Crippen LogP contribution in [0.5, 0.6) is 0 Å². The standard InChI is InChI=1S/C22H21N5O2/c1-5-14-6-7-15-10-23-11-16(17(15)8-14)9-18-24-20-19(26(18)4)21(28)25-22(29)27(20)12-13(2)3/h1,6-8,10-11,13H,9,12H2,2-4H3,(H,25,28,29). The molecule has 0 saturated carbocycles. The Morgan fingerprint density at radius 2 is 2.03 bits per heavy atom. The van der Waals surface area contributed by atoms with E-state index < -0.39 is 11.2 Å². The van der Waals surface area contributed by atoms with Gasteiger partial charge in [-0.25, -0.2) is 9.78 Å². The van der Waals surface area contributed by atoms with Gasteiger partial charge < -0.3 is 4.57 Å². The molecular formula is C22H21N5O2. The van der Waals surface area contributed by atoms with E-state index in [-0.39, 0.29) is 5.92 Å². The van der Waals surface area contributed by atoms with E-state index in [1.54, 1.807) is 24.0 Å². The highest BCUT2D eigenvalue weighted by atomic mass is 16.2. The fraction of sp³-hybridized carbons (Fsp3) is 0.273. The molecule has 29 heavy (non-hydrogen) atoms. The van der Waals surface area contributed by atoms with Gasteiger partial charge in [-0.15, -0.1) is 6.42 Å². The molecule has 3 aromatic heterocycles. The number of nitrogens with zero attached hydrogens (tertiary/aromatic N) is 4. The van der Waals surface area contributed by atoms with Crippen LogP contribution in [0.4, 0.5) is 0 Å². The largest absolute Gasteiger partial charge is 0.330 e. The number of fused-ring (bicyclic) bond motifs is 2. The molecule has 0 fully saturated rings. The normalized spacial score (nSPS) is 11.4. The number of aryl methyl sites for hydroxylation is 1. The number of aromatic amines is 1. The van der Waals surface area contributed by atoms with Crippen LogP contribution in [0.15, 0.2) is 40.2 Å². The van der Waals surface area contributed by atoms with Crippen LogP contribution in [0.2, 0.25) is 0 Å². The fourth-order valence-electron chi connectivity index (χ4n) is 3.61. The van der Waals surface area contributed by atoms with Crippen molar-refractivity contribution in [1.29, 1.82) is 0 Å². The molecule has 0 aliphatic rings. The second kappa shape index (κ2) is 7.06. The smallest absolute Gasteiger partial charge is 0.325 e. The summed E-state index contributed by atoms with van der Waals surface area (Å²) in [5, 5.41) is 1.98. The second-order valence-corrected chi connectivity index (χ2v) is 7.58. The third-order valence-corrected chi connectivity index (χ3v) is 5.01. The molecule has 0 spiro atoms. The predicted octanol–water partition coefficient (Wildman–Crippen LogP) is 2.20. The van der Waals surface area contributed by atoms with Gasteiger partial charge in [-0.3, -0.25) is 19.3 Å². The minimum Gasteiger partial charge on any atom is -0.325 e. The Labute approximate surface area is 167 Å². The highest BCUT2D eigenvalue weighted by molar-refractivity contribution is 5.86. The summed E-state index contributed by atoms with van der Waals surface area (Å²) in [6.45, 7) is 4.50. The molecular weight excluding hydrogens is 366 g/mol. The van der Waals surface area contributed by atoms with Crippen molar-refractivity contribution in [3.05, 3.63) is 68.4 Å². The fourth-order valence-corrected chi connectivity index (χ4v) is 3.61. The number of aromatic nitrogens is 5. The van der Waals surface area contributed by atoms with Crippen molar-refractivity contribution in [2.75, 3.05) is 0 Å². The maximum Gasteiger partial charge on any atom is 0.330 e. The summed E-state index contributed by atoms with van der Waals surface area (Å²) in [5.74, 6) is 3.57. The lowest BCUT2D eigenvalue weighted by Crippen LogP contribution is -2.32. The molecule has 4 rings (SSSR count). The van der Waals surface area contributed by atoms with Gasteiger partial charge in [-0.2, -0.15) is 0 Å². The van der Waals surface area contributed by atoms with Crippen molar-refractivity contribution < 1.29 is 0 Å². The van der Waals surface area contributed by atoms with Crippen molar-refractivity contribution >= 4 is 21.9 Å². The highest BCUT2D eigenvalue weighted by Crippen LogP contribution is 2.22. The van der Waals surface area contributed by atoms with E-state index in [0.717, 1.165) is 21.9 Å².